The Kier molecular flexibility index (Phi) is 11.6. The van der Waals surface area contributed by atoms with Crippen molar-refractivity contribution in [2.75, 3.05) is 17.5 Å². The molecule has 220 valence electrons. The van der Waals surface area contributed by atoms with Crippen LogP contribution in [0.1, 0.15) is 46.1 Å². The highest BCUT2D eigenvalue weighted by molar-refractivity contribution is 7.92. The molecule has 0 aliphatic carbocycles. The minimum Gasteiger partial charge on any atom is -0.492 e. The van der Waals surface area contributed by atoms with E-state index in [1.807, 2.05) is 51.1 Å². The molecule has 0 spiro atoms. The lowest BCUT2D eigenvalue weighted by Gasteiger charge is -2.34. The summed E-state index contributed by atoms with van der Waals surface area (Å²) in [7, 11) is -4.24. The Labute approximate surface area is 248 Å². The Morgan fingerprint density at radius 3 is 2.15 bits per heavy atom. The number of hydrogen-bond acceptors (Lipinski definition) is 5. The SMILES string of the molecule is CCOc1ccccc1N(CC(=O)N(Cc1ccccc1)[C@@H](CC)C(=O)N[C@@H](C)CC)S(=O)(=O)c1ccc(Cl)cc1. The van der Waals surface area contributed by atoms with Crippen LogP contribution in [-0.4, -0.2) is 50.4 Å². The predicted molar refractivity (Wildman–Crippen MR) is 163 cm³/mol. The quantitative estimate of drug-likeness (QED) is 0.258. The van der Waals surface area contributed by atoms with E-state index in [4.69, 9.17) is 16.3 Å². The van der Waals surface area contributed by atoms with Crippen LogP contribution in [-0.2, 0) is 26.2 Å². The molecule has 3 aromatic carbocycles. The van der Waals surface area contributed by atoms with Crippen LogP contribution in [0.4, 0.5) is 5.69 Å². The van der Waals surface area contributed by atoms with Gasteiger partial charge in [0, 0.05) is 17.6 Å². The first-order valence-corrected chi connectivity index (χ1v) is 15.6. The average Bonchev–Trinajstić information content (AvgIpc) is 2.97. The molecule has 0 saturated heterocycles. The molecule has 2 atom stereocenters. The third kappa shape index (κ3) is 8.24. The minimum atomic E-state index is -4.24. The van der Waals surface area contributed by atoms with E-state index in [2.05, 4.69) is 5.32 Å². The molecule has 1 N–H and O–H groups in total. The molecule has 3 aromatic rings. The zero-order valence-electron chi connectivity index (χ0n) is 23.9. The second-order valence-corrected chi connectivity index (χ2v) is 11.9. The summed E-state index contributed by atoms with van der Waals surface area (Å²) in [5.41, 5.74) is 1.03. The largest absolute Gasteiger partial charge is 0.492 e. The van der Waals surface area contributed by atoms with E-state index in [-0.39, 0.29) is 29.1 Å². The fraction of sp³-hybridized carbons (Fsp3) is 0.355. The first kappa shape index (κ1) is 32.0. The molecule has 2 amide bonds. The summed E-state index contributed by atoms with van der Waals surface area (Å²) in [4.78, 5) is 29.0. The molecule has 0 bridgehead atoms. The molecule has 0 aliphatic heterocycles. The maximum absolute atomic E-state index is 14.2. The summed E-state index contributed by atoms with van der Waals surface area (Å²) in [6.45, 7) is 7.38. The van der Waals surface area contributed by atoms with Crippen molar-refractivity contribution in [3.63, 3.8) is 0 Å². The van der Waals surface area contributed by atoms with Gasteiger partial charge < -0.3 is 15.0 Å². The maximum atomic E-state index is 14.2. The van der Waals surface area contributed by atoms with Gasteiger partial charge in [0.05, 0.1) is 17.2 Å². The molecular formula is C31H38ClN3O5S. The van der Waals surface area contributed by atoms with Crippen LogP contribution in [0.5, 0.6) is 5.75 Å². The zero-order chi connectivity index (χ0) is 30.0. The number of nitrogens with one attached hydrogen (secondary N) is 1. The van der Waals surface area contributed by atoms with Gasteiger partial charge in [0.25, 0.3) is 10.0 Å². The second-order valence-electron chi connectivity index (χ2n) is 9.62. The lowest BCUT2D eigenvalue weighted by atomic mass is 10.1. The van der Waals surface area contributed by atoms with Crippen LogP contribution in [0.25, 0.3) is 0 Å². The number of rotatable bonds is 14. The number of sulfonamides is 1. The van der Waals surface area contributed by atoms with Gasteiger partial charge in [-0.1, -0.05) is 67.9 Å². The van der Waals surface area contributed by atoms with Crippen molar-refractivity contribution in [2.24, 2.45) is 0 Å². The first-order chi connectivity index (χ1) is 19.6. The molecule has 41 heavy (non-hydrogen) atoms. The van der Waals surface area contributed by atoms with Gasteiger partial charge in [-0.25, -0.2) is 8.42 Å². The highest BCUT2D eigenvalue weighted by atomic mass is 35.5. The van der Waals surface area contributed by atoms with Crippen molar-refractivity contribution in [3.05, 3.63) is 89.4 Å². The number of amides is 2. The van der Waals surface area contributed by atoms with E-state index in [0.29, 0.717) is 23.8 Å². The summed E-state index contributed by atoms with van der Waals surface area (Å²) in [5.74, 6) is -0.492. The van der Waals surface area contributed by atoms with Gasteiger partial charge in [-0.15, -0.1) is 0 Å². The van der Waals surface area contributed by atoms with Crippen molar-refractivity contribution in [3.8, 4) is 5.75 Å². The average molecular weight is 600 g/mol. The predicted octanol–water partition coefficient (Wildman–Crippen LogP) is 5.66. The van der Waals surface area contributed by atoms with E-state index >= 15 is 0 Å². The molecule has 8 nitrogen and oxygen atoms in total. The summed E-state index contributed by atoms with van der Waals surface area (Å²) < 4.78 is 34.9. The molecule has 0 unspecified atom stereocenters. The fourth-order valence-corrected chi connectivity index (χ4v) is 5.88. The number of ether oxygens (including phenoxy) is 1. The highest BCUT2D eigenvalue weighted by Gasteiger charge is 2.35. The van der Waals surface area contributed by atoms with Gasteiger partial charge in [-0.3, -0.25) is 13.9 Å². The van der Waals surface area contributed by atoms with E-state index in [1.54, 1.807) is 31.2 Å². The standard InChI is InChI=1S/C31H38ClN3O5S/c1-5-23(4)33-31(37)27(6-2)34(21-24-13-9-8-10-14-24)30(36)22-35(28-15-11-12-16-29(28)40-7-3)41(38,39)26-19-17-25(32)18-20-26/h8-20,23,27H,5-7,21-22H2,1-4H3,(H,33,37)/t23-,27-/m0/s1. The number of anilines is 1. The van der Waals surface area contributed by atoms with Crippen molar-refractivity contribution in [1.29, 1.82) is 0 Å². The van der Waals surface area contributed by atoms with Crippen molar-refractivity contribution in [2.45, 2.75) is 64.1 Å². The van der Waals surface area contributed by atoms with Crippen LogP contribution in [0.15, 0.2) is 83.8 Å². The molecule has 0 radical (unpaired) electrons. The van der Waals surface area contributed by atoms with Crippen molar-refractivity contribution >= 4 is 39.1 Å². The number of para-hydroxylation sites is 2. The highest BCUT2D eigenvalue weighted by Crippen LogP contribution is 2.33. The number of nitrogens with zero attached hydrogens (tertiary/aromatic N) is 2. The van der Waals surface area contributed by atoms with Crippen LogP contribution < -0.4 is 14.4 Å². The molecule has 0 heterocycles. The maximum Gasteiger partial charge on any atom is 0.264 e. The van der Waals surface area contributed by atoms with Crippen molar-refractivity contribution in [1.82, 2.24) is 10.2 Å². The topological polar surface area (TPSA) is 96.0 Å². The summed E-state index contributed by atoms with van der Waals surface area (Å²) in [5, 5.41) is 3.36. The summed E-state index contributed by atoms with van der Waals surface area (Å²) in [6, 6.07) is 20.9. The number of benzene rings is 3. The van der Waals surface area contributed by atoms with Gasteiger partial charge in [0.1, 0.15) is 18.3 Å². The number of halogens is 1. The normalized spacial score (nSPS) is 12.7. The van der Waals surface area contributed by atoms with Gasteiger partial charge in [0.15, 0.2) is 0 Å². The zero-order valence-corrected chi connectivity index (χ0v) is 25.5. The Balaban J connectivity index is 2.09. The Bertz CT molecular complexity index is 1400. The van der Waals surface area contributed by atoms with E-state index < -0.39 is 28.5 Å². The molecule has 0 aliphatic rings. The van der Waals surface area contributed by atoms with Gasteiger partial charge >= 0.3 is 0 Å². The van der Waals surface area contributed by atoms with Crippen molar-refractivity contribution < 1.29 is 22.7 Å². The van der Waals surface area contributed by atoms with Crippen LogP contribution in [0.3, 0.4) is 0 Å². The molecular weight excluding hydrogens is 562 g/mol. The Morgan fingerprint density at radius 2 is 1.54 bits per heavy atom. The smallest absolute Gasteiger partial charge is 0.264 e. The minimum absolute atomic E-state index is 0.0304. The van der Waals surface area contributed by atoms with Crippen LogP contribution >= 0.6 is 11.6 Å². The Hall–Kier alpha value is -3.56. The third-order valence-electron chi connectivity index (χ3n) is 6.70. The van der Waals surface area contributed by atoms with Gasteiger partial charge in [-0.05, 0) is 68.7 Å². The monoisotopic (exact) mass is 599 g/mol. The van der Waals surface area contributed by atoms with Gasteiger partial charge in [-0.2, -0.15) is 0 Å². The van der Waals surface area contributed by atoms with E-state index in [9.17, 15) is 18.0 Å². The third-order valence-corrected chi connectivity index (χ3v) is 8.72. The summed E-state index contributed by atoms with van der Waals surface area (Å²) >= 11 is 6.03. The second kappa shape index (κ2) is 14.9. The van der Waals surface area contributed by atoms with Gasteiger partial charge in [0.2, 0.25) is 11.8 Å². The number of hydrogen-bond donors (Lipinski definition) is 1. The van der Waals surface area contributed by atoms with Crippen LogP contribution in [0.2, 0.25) is 5.02 Å². The molecule has 3 rings (SSSR count). The number of carbonyl (C=O) groups excluding carboxylic acids is 2. The lowest BCUT2D eigenvalue weighted by molar-refractivity contribution is -0.140. The molecule has 0 saturated carbocycles. The summed E-state index contributed by atoms with van der Waals surface area (Å²) in [6.07, 6.45) is 1.08. The lowest BCUT2D eigenvalue weighted by Crippen LogP contribution is -2.53. The molecule has 10 heteroatoms. The Morgan fingerprint density at radius 1 is 0.902 bits per heavy atom. The molecule has 0 aromatic heterocycles. The molecule has 0 fully saturated rings. The first-order valence-electron chi connectivity index (χ1n) is 13.8. The van der Waals surface area contributed by atoms with E-state index in [1.165, 1.54) is 29.2 Å². The van der Waals surface area contributed by atoms with E-state index in [0.717, 1.165) is 16.3 Å². The number of carbonyl (C=O) groups is 2. The fourth-order valence-electron chi connectivity index (χ4n) is 4.33. The van der Waals surface area contributed by atoms with Crippen LogP contribution in [0, 0.1) is 0 Å².